The van der Waals surface area contributed by atoms with Gasteiger partial charge >= 0.3 is 6.18 Å². The van der Waals surface area contributed by atoms with Gasteiger partial charge in [0.1, 0.15) is 12.4 Å². The van der Waals surface area contributed by atoms with Gasteiger partial charge in [0, 0.05) is 10.0 Å². The van der Waals surface area contributed by atoms with Crippen LogP contribution >= 0.6 is 31.9 Å². The van der Waals surface area contributed by atoms with Crippen LogP contribution in [0.5, 0.6) is 5.75 Å². The molecule has 19 heavy (non-hydrogen) atoms. The van der Waals surface area contributed by atoms with Crippen LogP contribution in [-0.2, 0) is 4.74 Å². The van der Waals surface area contributed by atoms with Gasteiger partial charge in [-0.1, -0.05) is 31.9 Å². The Morgan fingerprint density at radius 1 is 1.32 bits per heavy atom. The third-order valence-corrected chi connectivity index (χ3v) is 3.39. The second kappa shape index (κ2) is 7.50. The second-order valence-corrected chi connectivity index (χ2v) is 5.73. The quantitative estimate of drug-likeness (QED) is 0.629. The van der Waals surface area contributed by atoms with Crippen LogP contribution in [0.1, 0.15) is 17.3 Å². The summed E-state index contributed by atoms with van der Waals surface area (Å²) in [6.07, 6.45) is -4.31. The summed E-state index contributed by atoms with van der Waals surface area (Å²) in [4.78, 5) is -0.367. The fourth-order valence-corrected chi connectivity index (χ4v) is 2.34. The highest BCUT2D eigenvalue weighted by atomic mass is 79.9. The van der Waals surface area contributed by atoms with Crippen LogP contribution in [0, 0.1) is 0 Å². The van der Waals surface area contributed by atoms with E-state index < -0.39 is 12.8 Å². The van der Waals surface area contributed by atoms with Crippen molar-refractivity contribution in [2.45, 2.75) is 17.9 Å². The zero-order valence-electron chi connectivity index (χ0n) is 10.1. The molecule has 0 N–H and O–H groups in total. The van der Waals surface area contributed by atoms with E-state index in [1.165, 1.54) is 0 Å². The maximum absolute atomic E-state index is 12.0. The minimum Gasteiger partial charge on any atom is -0.494 e. The molecule has 0 aliphatic rings. The molecule has 0 aliphatic carbocycles. The lowest BCUT2D eigenvalue weighted by Gasteiger charge is -2.16. The lowest BCUT2D eigenvalue weighted by Crippen LogP contribution is -2.18. The summed E-state index contributed by atoms with van der Waals surface area (Å²) in [7, 11) is 0. The van der Waals surface area contributed by atoms with Gasteiger partial charge < -0.3 is 9.47 Å². The van der Waals surface area contributed by atoms with Gasteiger partial charge in [-0.2, -0.15) is 13.2 Å². The molecule has 1 aromatic carbocycles. The first-order valence-corrected chi connectivity index (χ1v) is 7.25. The number of alkyl halides is 4. The molecule has 0 spiro atoms. The normalized spacial score (nSPS) is 13.4. The number of halogens is 5. The van der Waals surface area contributed by atoms with Crippen LogP contribution in [0.4, 0.5) is 13.2 Å². The molecular formula is C12H13Br2F3O2. The SMILES string of the molecule is CCOc1ccc(Br)cc1C(Br)COCC(F)(F)F. The largest absolute Gasteiger partial charge is 0.494 e. The van der Waals surface area contributed by atoms with Gasteiger partial charge in [-0.25, -0.2) is 0 Å². The molecule has 0 saturated carbocycles. The molecule has 7 heteroatoms. The van der Waals surface area contributed by atoms with Gasteiger partial charge in [-0.05, 0) is 25.1 Å². The number of rotatable bonds is 6. The third kappa shape index (κ3) is 6.14. The van der Waals surface area contributed by atoms with Crippen molar-refractivity contribution in [1.82, 2.24) is 0 Å². The predicted molar refractivity (Wildman–Crippen MR) is 73.9 cm³/mol. The van der Waals surface area contributed by atoms with Crippen molar-refractivity contribution < 1.29 is 22.6 Å². The standard InChI is InChI=1S/C12H13Br2F3O2/c1-2-19-11-4-3-8(13)5-9(11)10(14)6-18-7-12(15,16)17/h3-5,10H,2,6-7H2,1H3. The Balaban J connectivity index is 2.69. The summed E-state index contributed by atoms with van der Waals surface area (Å²) in [5.74, 6) is 0.628. The van der Waals surface area contributed by atoms with Gasteiger partial charge in [-0.3, -0.25) is 0 Å². The zero-order chi connectivity index (χ0) is 14.5. The van der Waals surface area contributed by atoms with E-state index >= 15 is 0 Å². The summed E-state index contributed by atoms with van der Waals surface area (Å²) >= 11 is 6.63. The van der Waals surface area contributed by atoms with Crippen LogP contribution in [-0.4, -0.2) is 26.0 Å². The maximum atomic E-state index is 12.0. The van der Waals surface area contributed by atoms with Crippen molar-refractivity contribution in [2.75, 3.05) is 19.8 Å². The molecule has 0 fully saturated rings. The minimum atomic E-state index is -4.31. The molecule has 2 nitrogen and oxygen atoms in total. The molecule has 1 rings (SSSR count). The van der Waals surface area contributed by atoms with Crippen molar-refractivity contribution >= 4 is 31.9 Å². The Hall–Kier alpha value is -0.270. The summed E-state index contributed by atoms with van der Waals surface area (Å²) < 4.78 is 46.9. The Bertz CT molecular complexity index is 410. The highest BCUT2D eigenvalue weighted by Crippen LogP contribution is 2.34. The van der Waals surface area contributed by atoms with Crippen molar-refractivity contribution in [3.05, 3.63) is 28.2 Å². The van der Waals surface area contributed by atoms with Crippen molar-refractivity contribution in [3.63, 3.8) is 0 Å². The third-order valence-electron chi connectivity index (χ3n) is 2.14. The molecule has 0 radical (unpaired) electrons. The molecule has 0 aliphatic heterocycles. The van der Waals surface area contributed by atoms with Crippen LogP contribution < -0.4 is 4.74 Å². The molecule has 0 heterocycles. The lowest BCUT2D eigenvalue weighted by atomic mass is 10.1. The average molecular weight is 406 g/mol. The van der Waals surface area contributed by atoms with Crippen LogP contribution in [0.25, 0.3) is 0 Å². The van der Waals surface area contributed by atoms with Gasteiger partial charge in [-0.15, -0.1) is 0 Å². The Kier molecular flexibility index (Phi) is 6.62. The first kappa shape index (κ1) is 16.8. The van der Waals surface area contributed by atoms with Crippen molar-refractivity contribution in [2.24, 2.45) is 0 Å². The summed E-state index contributed by atoms with van der Waals surface area (Å²) in [5.41, 5.74) is 0.749. The van der Waals surface area contributed by atoms with E-state index in [2.05, 4.69) is 36.6 Å². The Morgan fingerprint density at radius 2 is 2.00 bits per heavy atom. The van der Waals surface area contributed by atoms with E-state index in [1.807, 2.05) is 13.0 Å². The monoisotopic (exact) mass is 404 g/mol. The molecule has 1 aromatic rings. The fourth-order valence-electron chi connectivity index (χ4n) is 1.42. The number of ether oxygens (including phenoxy) is 2. The van der Waals surface area contributed by atoms with Crippen LogP contribution in [0.15, 0.2) is 22.7 Å². The molecule has 1 atom stereocenters. The average Bonchev–Trinajstić information content (AvgIpc) is 2.30. The molecule has 0 aromatic heterocycles. The van der Waals surface area contributed by atoms with Gasteiger partial charge in [0.25, 0.3) is 0 Å². The smallest absolute Gasteiger partial charge is 0.411 e. The van der Waals surface area contributed by atoms with Crippen LogP contribution in [0.3, 0.4) is 0 Å². The maximum Gasteiger partial charge on any atom is 0.411 e. The molecule has 1 unspecified atom stereocenters. The van der Waals surface area contributed by atoms with Crippen LogP contribution in [0.2, 0.25) is 0 Å². The number of hydrogen-bond donors (Lipinski definition) is 0. The van der Waals surface area contributed by atoms with Gasteiger partial charge in [0.2, 0.25) is 0 Å². The molecular weight excluding hydrogens is 393 g/mol. The summed E-state index contributed by atoms with van der Waals surface area (Å²) in [6, 6.07) is 5.37. The fraction of sp³-hybridized carbons (Fsp3) is 0.500. The van der Waals surface area contributed by atoms with E-state index in [9.17, 15) is 13.2 Å². The molecule has 108 valence electrons. The molecule has 0 amide bonds. The van der Waals surface area contributed by atoms with Crippen molar-refractivity contribution in [3.8, 4) is 5.75 Å². The Labute approximate surface area is 126 Å². The summed E-state index contributed by atoms with van der Waals surface area (Å²) in [5, 5.41) is 0. The van der Waals surface area contributed by atoms with E-state index in [0.29, 0.717) is 12.4 Å². The number of hydrogen-bond acceptors (Lipinski definition) is 2. The number of benzene rings is 1. The van der Waals surface area contributed by atoms with E-state index in [1.54, 1.807) is 12.1 Å². The van der Waals surface area contributed by atoms with Gasteiger partial charge in [0.15, 0.2) is 0 Å². The molecule has 0 bridgehead atoms. The zero-order valence-corrected chi connectivity index (χ0v) is 13.3. The van der Waals surface area contributed by atoms with E-state index in [0.717, 1.165) is 10.0 Å². The van der Waals surface area contributed by atoms with E-state index in [4.69, 9.17) is 4.74 Å². The summed E-state index contributed by atoms with van der Waals surface area (Å²) in [6.45, 7) is 0.982. The lowest BCUT2D eigenvalue weighted by molar-refractivity contribution is -0.173. The van der Waals surface area contributed by atoms with Crippen molar-refractivity contribution in [1.29, 1.82) is 0 Å². The minimum absolute atomic E-state index is 0.0873. The first-order chi connectivity index (χ1) is 8.83. The van der Waals surface area contributed by atoms with Gasteiger partial charge in [0.05, 0.1) is 18.0 Å². The highest BCUT2D eigenvalue weighted by Gasteiger charge is 2.28. The highest BCUT2D eigenvalue weighted by molar-refractivity contribution is 9.10. The topological polar surface area (TPSA) is 18.5 Å². The first-order valence-electron chi connectivity index (χ1n) is 5.54. The molecule has 0 saturated heterocycles. The van der Waals surface area contributed by atoms with E-state index in [-0.39, 0.29) is 11.4 Å². The predicted octanol–water partition coefficient (Wildman–Crippen LogP) is 4.86. The Morgan fingerprint density at radius 3 is 2.58 bits per heavy atom. The second-order valence-electron chi connectivity index (χ2n) is 3.71.